The third-order valence-corrected chi connectivity index (χ3v) is 2.25. The summed E-state index contributed by atoms with van der Waals surface area (Å²) in [7, 11) is 0. The summed E-state index contributed by atoms with van der Waals surface area (Å²) in [5, 5.41) is 0. The van der Waals surface area contributed by atoms with E-state index < -0.39 is 11.4 Å². The van der Waals surface area contributed by atoms with Crippen LogP contribution in [0.25, 0.3) is 0 Å². The van der Waals surface area contributed by atoms with Crippen molar-refractivity contribution in [1.29, 1.82) is 0 Å². The van der Waals surface area contributed by atoms with Gasteiger partial charge in [-0.05, 0) is 13.8 Å². The summed E-state index contributed by atoms with van der Waals surface area (Å²) in [6, 6.07) is 0. The molecule has 1 unspecified atom stereocenters. The highest BCUT2D eigenvalue weighted by molar-refractivity contribution is 5.22. The molecule has 0 saturated carbocycles. The van der Waals surface area contributed by atoms with Crippen LogP contribution < -0.4 is 0 Å². The Morgan fingerprint density at radius 1 is 1.46 bits per heavy atom. The van der Waals surface area contributed by atoms with Gasteiger partial charge in [0.25, 0.3) is 0 Å². The van der Waals surface area contributed by atoms with Gasteiger partial charge in [-0.25, -0.2) is 0 Å². The smallest absolute Gasteiger partial charge is 0.208 e. The van der Waals surface area contributed by atoms with Gasteiger partial charge in [-0.3, -0.25) is 0 Å². The third kappa shape index (κ3) is 1.87. The molecule has 2 nitrogen and oxygen atoms in total. The third-order valence-electron chi connectivity index (χ3n) is 2.25. The lowest BCUT2D eigenvalue weighted by molar-refractivity contribution is -0.166. The van der Waals surface area contributed by atoms with Gasteiger partial charge in [0.15, 0.2) is 0 Å². The zero-order chi connectivity index (χ0) is 10.1. The van der Waals surface area contributed by atoms with E-state index in [0.29, 0.717) is 0 Å². The van der Waals surface area contributed by atoms with Gasteiger partial charge in [0.2, 0.25) is 5.79 Å². The Bertz CT molecular complexity index is 270. The Labute approximate surface area is 79.9 Å². The zero-order valence-corrected chi connectivity index (χ0v) is 8.68. The molecule has 0 aliphatic carbocycles. The maximum Gasteiger partial charge on any atom is 0.208 e. The molecular weight excluding hydrogens is 164 g/mol. The Morgan fingerprint density at radius 2 is 2.08 bits per heavy atom. The fourth-order valence-corrected chi connectivity index (χ4v) is 1.39. The largest absolute Gasteiger partial charge is 0.463 e. The molecule has 1 aliphatic heterocycles. The molecule has 1 fully saturated rings. The molecule has 1 heterocycles. The van der Waals surface area contributed by atoms with Crippen molar-refractivity contribution >= 4 is 0 Å². The fraction of sp³-hybridized carbons (Fsp3) is 0.636. The molecule has 0 spiro atoms. The summed E-state index contributed by atoms with van der Waals surface area (Å²) in [5.74, 6) is 2.67. The van der Waals surface area contributed by atoms with Crippen LogP contribution in [0.2, 0.25) is 0 Å². The van der Waals surface area contributed by atoms with Crippen LogP contribution in [0.3, 0.4) is 0 Å². The molecule has 72 valence electrons. The topological polar surface area (TPSA) is 18.5 Å². The van der Waals surface area contributed by atoms with Gasteiger partial charge in [0, 0.05) is 19.4 Å². The van der Waals surface area contributed by atoms with E-state index in [1.807, 2.05) is 27.7 Å². The lowest BCUT2D eigenvalue weighted by Crippen LogP contribution is -2.29. The minimum absolute atomic E-state index is 0.406. The van der Waals surface area contributed by atoms with Gasteiger partial charge in [-0.15, -0.1) is 6.42 Å². The maximum atomic E-state index is 5.76. The first-order chi connectivity index (χ1) is 5.93. The van der Waals surface area contributed by atoms with Crippen molar-refractivity contribution in [3.05, 3.63) is 11.8 Å². The van der Waals surface area contributed by atoms with Gasteiger partial charge < -0.3 is 9.47 Å². The molecule has 2 heteroatoms. The minimum atomic E-state index is -0.522. The van der Waals surface area contributed by atoms with Gasteiger partial charge in [-0.2, -0.15) is 0 Å². The van der Waals surface area contributed by atoms with Crippen molar-refractivity contribution in [3.63, 3.8) is 0 Å². The molecule has 0 N–H and O–H groups in total. The number of hydrogen-bond donors (Lipinski definition) is 0. The Balaban J connectivity index is 2.94. The van der Waals surface area contributed by atoms with Crippen LogP contribution in [0, 0.1) is 12.3 Å². The normalized spacial score (nSPS) is 34.2. The molecule has 0 aromatic carbocycles. The standard InChI is InChI=1S/C11H16O2/c1-6-8-9-10(3,4)13-11(5,7-2)12-9/h1,8H,7H2,2-5H3. The predicted molar refractivity (Wildman–Crippen MR) is 51.9 cm³/mol. The van der Waals surface area contributed by atoms with Gasteiger partial charge in [0.05, 0.1) is 0 Å². The van der Waals surface area contributed by atoms with Crippen molar-refractivity contribution in [2.75, 3.05) is 0 Å². The van der Waals surface area contributed by atoms with Crippen molar-refractivity contribution < 1.29 is 9.47 Å². The Morgan fingerprint density at radius 3 is 2.46 bits per heavy atom. The summed E-state index contributed by atoms with van der Waals surface area (Å²) in [6.45, 7) is 7.86. The summed E-state index contributed by atoms with van der Waals surface area (Å²) in [5.41, 5.74) is -0.406. The molecule has 0 aromatic rings. The number of rotatable bonds is 1. The van der Waals surface area contributed by atoms with Gasteiger partial charge >= 0.3 is 0 Å². The van der Waals surface area contributed by atoms with E-state index >= 15 is 0 Å². The average Bonchev–Trinajstić information content (AvgIpc) is 2.24. The number of hydrogen-bond acceptors (Lipinski definition) is 2. The first-order valence-corrected chi connectivity index (χ1v) is 4.49. The summed E-state index contributed by atoms with van der Waals surface area (Å²) in [4.78, 5) is 0. The van der Waals surface area contributed by atoms with Crippen LogP contribution in [0.5, 0.6) is 0 Å². The second-order valence-electron chi connectivity index (χ2n) is 3.88. The number of allylic oxidation sites excluding steroid dienone is 1. The molecule has 0 radical (unpaired) electrons. The lowest BCUT2D eigenvalue weighted by atomic mass is 10.1. The molecular formula is C11H16O2. The van der Waals surface area contributed by atoms with E-state index in [9.17, 15) is 0 Å². The van der Waals surface area contributed by atoms with Crippen LogP contribution in [0.4, 0.5) is 0 Å². The highest BCUT2D eigenvalue weighted by atomic mass is 16.8. The van der Waals surface area contributed by atoms with Crippen LogP contribution >= 0.6 is 0 Å². The molecule has 1 rings (SSSR count). The van der Waals surface area contributed by atoms with Crippen LogP contribution in [0.15, 0.2) is 11.8 Å². The first-order valence-electron chi connectivity index (χ1n) is 4.49. The Hall–Kier alpha value is -0.940. The molecule has 0 bridgehead atoms. The predicted octanol–water partition coefficient (Wildman–Crippen LogP) is 2.46. The maximum absolute atomic E-state index is 5.76. The molecule has 0 amide bonds. The van der Waals surface area contributed by atoms with Gasteiger partial charge in [-0.1, -0.05) is 12.8 Å². The SMILES string of the molecule is C#CC=C1OC(C)(CC)OC1(C)C. The monoisotopic (exact) mass is 180 g/mol. The second kappa shape index (κ2) is 3.08. The first kappa shape index (κ1) is 10.1. The summed E-state index contributed by atoms with van der Waals surface area (Å²) >= 11 is 0. The fourth-order valence-electron chi connectivity index (χ4n) is 1.39. The minimum Gasteiger partial charge on any atom is -0.463 e. The highest BCUT2D eigenvalue weighted by Crippen LogP contribution is 2.40. The molecule has 1 saturated heterocycles. The van der Waals surface area contributed by atoms with E-state index in [1.165, 1.54) is 0 Å². The van der Waals surface area contributed by atoms with Crippen molar-refractivity contribution in [1.82, 2.24) is 0 Å². The van der Waals surface area contributed by atoms with Crippen LogP contribution in [-0.2, 0) is 9.47 Å². The second-order valence-corrected chi connectivity index (χ2v) is 3.88. The average molecular weight is 180 g/mol. The number of ether oxygens (including phenoxy) is 2. The molecule has 0 aromatic heterocycles. The van der Waals surface area contributed by atoms with Crippen molar-refractivity contribution in [3.8, 4) is 12.3 Å². The van der Waals surface area contributed by atoms with E-state index in [4.69, 9.17) is 15.9 Å². The molecule has 1 atom stereocenters. The van der Waals surface area contributed by atoms with E-state index in [0.717, 1.165) is 12.2 Å². The Kier molecular flexibility index (Phi) is 2.40. The molecule has 1 aliphatic rings. The summed E-state index contributed by atoms with van der Waals surface area (Å²) in [6.07, 6.45) is 7.63. The van der Waals surface area contributed by atoms with Crippen LogP contribution in [0.1, 0.15) is 34.1 Å². The zero-order valence-electron chi connectivity index (χ0n) is 8.68. The summed E-state index contributed by atoms with van der Waals surface area (Å²) < 4.78 is 11.4. The highest BCUT2D eigenvalue weighted by Gasteiger charge is 2.45. The van der Waals surface area contributed by atoms with E-state index in [1.54, 1.807) is 6.08 Å². The van der Waals surface area contributed by atoms with Crippen molar-refractivity contribution in [2.24, 2.45) is 0 Å². The lowest BCUT2D eigenvalue weighted by Gasteiger charge is -2.22. The van der Waals surface area contributed by atoms with E-state index in [-0.39, 0.29) is 0 Å². The quantitative estimate of drug-likeness (QED) is 0.577. The van der Waals surface area contributed by atoms with Crippen LogP contribution in [-0.4, -0.2) is 11.4 Å². The molecule has 13 heavy (non-hydrogen) atoms. The number of terminal acetylenes is 1. The van der Waals surface area contributed by atoms with Gasteiger partial charge in [0.1, 0.15) is 11.4 Å². The van der Waals surface area contributed by atoms with E-state index in [2.05, 4.69) is 5.92 Å². The van der Waals surface area contributed by atoms with Crippen molar-refractivity contribution in [2.45, 2.75) is 45.5 Å².